The van der Waals surface area contributed by atoms with Gasteiger partial charge in [0.05, 0.1) is 45.5 Å². The first-order chi connectivity index (χ1) is 19.6. The van der Waals surface area contributed by atoms with Crippen LogP contribution >= 0.6 is 38.9 Å². The lowest BCUT2D eigenvalue weighted by atomic mass is 9.96. The summed E-state index contributed by atoms with van der Waals surface area (Å²) in [6.45, 7) is 3.59. The number of carbonyl (C=O) groups excluding carboxylic acids is 1. The van der Waals surface area contributed by atoms with Gasteiger partial charge in [-0.1, -0.05) is 35.1 Å². The topological polar surface area (TPSA) is 126 Å². The van der Waals surface area contributed by atoms with Gasteiger partial charge in [0.25, 0.3) is 11.2 Å². The SMILES string of the molecule is CCOC(=O)C1=C(C)N=c2s/c(=C\c3ccc(-c4cc(Cl)c(Br)c([N+](=O)[O-])c4)o3)c(=O)n2[C@H]1c1ccc(OC)cc1. The van der Waals surface area contributed by atoms with E-state index in [1.54, 1.807) is 69.5 Å². The normalized spacial score (nSPS) is 15.0. The molecule has 10 nitrogen and oxygen atoms in total. The van der Waals surface area contributed by atoms with E-state index in [1.165, 1.54) is 10.6 Å². The molecule has 0 bridgehead atoms. The number of esters is 1. The van der Waals surface area contributed by atoms with E-state index < -0.39 is 16.9 Å². The summed E-state index contributed by atoms with van der Waals surface area (Å²) in [5.74, 6) is 0.750. The maximum atomic E-state index is 13.8. The number of halogens is 2. The van der Waals surface area contributed by atoms with Crippen LogP contribution in [0.1, 0.15) is 31.2 Å². The lowest BCUT2D eigenvalue weighted by Crippen LogP contribution is -2.39. The molecule has 2 aromatic carbocycles. The number of nitro benzene ring substituents is 1. The van der Waals surface area contributed by atoms with Gasteiger partial charge in [-0.15, -0.1) is 0 Å². The van der Waals surface area contributed by atoms with Crippen LogP contribution in [0.5, 0.6) is 5.75 Å². The lowest BCUT2D eigenvalue weighted by Gasteiger charge is -2.24. The number of carbonyl (C=O) groups is 1. The maximum Gasteiger partial charge on any atom is 0.338 e. The zero-order valence-electron chi connectivity index (χ0n) is 21.8. The Hall–Kier alpha value is -4.00. The van der Waals surface area contributed by atoms with Crippen LogP contribution in [0.3, 0.4) is 0 Å². The zero-order chi connectivity index (χ0) is 29.4. The highest BCUT2D eigenvalue weighted by atomic mass is 79.9. The molecule has 1 aliphatic rings. The lowest BCUT2D eigenvalue weighted by molar-refractivity contribution is -0.385. The Morgan fingerprint density at radius 3 is 2.66 bits per heavy atom. The monoisotopic (exact) mass is 657 g/mol. The van der Waals surface area contributed by atoms with E-state index in [4.69, 9.17) is 25.5 Å². The Labute approximate surface area is 250 Å². The molecular formula is C28H21BrClN3O7S. The van der Waals surface area contributed by atoms with Crippen molar-refractivity contribution in [3.8, 4) is 17.1 Å². The van der Waals surface area contributed by atoms with Crippen molar-refractivity contribution in [1.29, 1.82) is 0 Å². The third-order valence-corrected chi connectivity index (χ3v) is 8.68. The van der Waals surface area contributed by atoms with Gasteiger partial charge in [-0.05, 0) is 65.7 Å². The number of benzene rings is 2. The molecule has 1 aliphatic heterocycles. The summed E-state index contributed by atoms with van der Waals surface area (Å²) in [6.07, 6.45) is 1.57. The van der Waals surface area contributed by atoms with Crippen LogP contribution in [0, 0.1) is 10.1 Å². The van der Waals surface area contributed by atoms with Crippen molar-refractivity contribution in [1.82, 2.24) is 4.57 Å². The van der Waals surface area contributed by atoms with E-state index in [-0.39, 0.29) is 32.9 Å². The minimum atomic E-state index is -0.768. The quantitative estimate of drug-likeness (QED) is 0.148. The highest BCUT2D eigenvalue weighted by Gasteiger charge is 2.33. The van der Waals surface area contributed by atoms with Gasteiger partial charge >= 0.3 is 5.97 Å². The Morgan fingerprint density at radius 2 is 2.00 bits per heavy atom. The molecule has 3 heterocycles. The van der Waals surface area contributed by atoms with Crippen LogP contribution in [0.15, 0.2) is 78.5 Å². The first-order valence-electron chi connectivity index (χ1n) is 12.2. The molecule has 4 aromatic rings. The van der Waals surface area contributed by atoms with Gasteiger partial charge < -0.3 is 13.9 Å². The molecular weight excluding hydrogens is 638 g/mol. The van der Waals surface area contributed by atoms with E-state index in [0.29, 0.717) is 43.4 Å². The van der Waals surface area contributed by atoms with Crippen LogP contribution in [-0.4, -0.2) is 29.2 Å². The van der Waals surface area contributed by atoms with E-state index >= 15 is 0 Å². The number of nitrogens with zero attached hydrogens (tertiary/aromatic N) is 3. The number of fused-ring (bicyclic) bond motifs is 1. The second-order valence-corrected chi connectivity index (χ2v) is 11.0. The summed E-state index contributed by atoms with van der Waals surface area (Å²) in [4.78, 5) is 42.7. The number of furan rings is 1. The maximum absolute atomic E-state index is 13.8. The summed E-state index contributed by atoms with van der Waals surface area (Å²) in [6, 6.07) is 12.5. The zero-order valence-corrected chi connectivity index (χ0v) is 25.0. The number of hydrogen-bond donors (Lipinski definition) is 0. The fourth-order valence-electron chi connectivity index (χ4n) is 4.46. The Bertz CT molecular complexity index is 1910. The summed E-state index contributed by atoms with van der Waals surface area (Å²) >= 11 is 10.5. The molecule has 13 heteroatoms. The average Bonchev–Trinajstić information content (AvgIpc) is 3.53. The van der Waals surface area contributed by atoms with Crippen molar-refractivity contribution in [2.75, 3.05) is 13.7 Å². The number of rotatable bonds is 7. The Kier molecular flexibility index (Phi) is 7.98. The molecule has 0 N–H and O–H groups in total. The summed E-state index contributed by atoms with van der Waals surface area (Å²) in [5.41, 5.74) is 1.23. The van der Waals surface area contributed by atoms with Crippen molar-refractivity contribution in [3.63, 3.8) is 0 Å². The van der Waals surface area contributed by atoms with Gasteiger partial charge in [0.15, 0.2) is 4.80 Å². The number of thiazole rings is 1. The molecule has 0 radical (unpaired) electrons. The number of methoxy groups -OCH3 is 1. The number of ether oxygens (including phenoxy) is 2. The third-order valence-electron chi connectivity index (χ3n) is 6.34. The minimum absolute atomic E-state index is 0.159. The van der Waals surface area contributed by atoms with Gasteiger partial charge in [0, 0.05) is 17.7 Å². The fourth-order valence-corrected chi connectivity index (χ4v) is 6.07. The second kappa shape index (κ2) is 11.5. The van der Waals surface area contributed by atoms with Gasteiger partial charge in [-0.25, -0.2) is 9.79 Å². The van der Waals surface area contributed by atoms with Crippen molar-refractivity contribution < 1.29 is 23.6 Å². The smallest absolute Gasteiger partial charge is 0.338 e. The van der Waals surface area contributed by atoms with Gasteiger partial charge in [-0.3, -0.25) is 19.5 Å². The largest absolute Gasteiger partial charge is 0.497 e. The second-order valence-electron chi connectivity index (χ2n) is 8.83. The van der Waals surface area contributed by atoms with E-state index in [1.807, 2.05) is 0 Å². The van der Waals surface area contributed by atoms with Crippen molar-refractivity contribution in [2.45, 2.75) is 19.9 Å². The van der Waals surface area contributed by atoms with Crippen LogP contribution < -0.4 is 19.6 Å². The minimum Gasteiger partial charge on any atom is -0.497 e. The summed E-state index contributed by atoms with van der Waals surface area (Å²) in [5, 5.41) is 11.6. The third kappa shape index (κ3) is 5.37. The summed E-state index contributed by atoms with van der Waals surface area (Å²) < 4.78 is 18.5. The first-order valence-corrected chi connectivity index (χ1v) is 14.2. The Balaban J connectivity index is 1.62. The van der Waals surface area contributed by atoms with Crippen molar-refractivity contribution in [3.05, 3.63) is 110 Å². The average molecular weight is 659 g/mol. The Morgan fingerprint density at radius 1 is 1.27 bits per heavy atom. The molecule has 1 atom stereocenters. The molecule has 0 fully saturated rings. The van der Waals surface area contributed by atoms with Gasteiger partial charge in [-0.2, -0.15) is 0 Å². The molecule has 0 saturated heterocycles. The molecule has 0 saturated carbocycles. The molecule has 0 aliphatic carbocycles. The van der Waals surface area contributed by atoms with Crippen molar-refractivity contribution in [2.24, 2.45) is 4.99 Å². The van der Waals surface area contributed by atoms with E-state index in [2.05, 4.69) is 20.9 Å². The predicted octanol–water partition coefficient (Wildman–Crippen LogP) is 5.39. The first kappa shape index (κ1) is 28.5. The molecule has 0 spiro atoms. The molecule has 210 valence electrons. The number of hydrogen-bond acceptors (Lipinski definition) is 9. The van der Waals surface area contributed by atoms with Crippen LogP contribution in [0.2, 0.25) is 5.02 Å². The predicted molar refractivity (Wildman–Crippen MR) is 157 cm³/mol. The van der Waals surface area contributed by atoms with Gasteiger partial charge in [0.2, 0.25) is 0 Å². The summed E-state index contributed by atoms with van der Waals surface area (Å²) in [7, 11) is 1.55. The highest BCUT2D eigenvalue weighted by Crippen LogP contribution is 2.37. The van der Waals surface area contributed by atoms with Crippen LogP contribution in [0.4, 0.5) is 5.69 Å². The van der Waals surface area contributed by atoms with Gasteiger partial charge in [0.1, 0.15) is 21.7 Å². The standard InChI is InChI=1S/C28H21BrClN3O7S/c1-4-39-27(35)23-14(2)31-28-32(25(23)15-5-7-17(38-3)8-6-15)26(34)22(41-28)13-18-9-10-21(40-18)16-11-19(30)24(29)20(12-16)33(36)37/h5-13,25H,4H2,1-3H3/b22-13-/t25-/m0/s1. The molecule has 0 unspecified atom stereocenters. The van der Waals surface area contributed by atoms with Crippen LogP contribution in [0.25, 0.3) is 17.4 Å². The van der Waals surface area contributed by atoms with Crippen molar-refractivity contribution >= 4 is 56.6 Å². The fraction of sp³-hybridized carbons (Fsp3) is 0.179. The number of nitro groups is 1. The molecule has 5 rings (SSSR count). The molecule has 0 amide bonds. The number of allylic oxidation sites excluding steroid dienone is 1. The number of aromatic nitrogens is 1. The molecule has 2 aromatic heterocycles. The molecule has 41 heavy (non-hydrogen) atoms. The van der Waals surface area contributed by atoms with E-state index in [9.17, 15) is 19.7 Å². The van der Waals surface area contributed by atoms with Crippen LogP contribution in [-0.2, 0) is 9.53 Å². The van der Waals surface area contributed by atoms with E-state index in [0.717, 1.165) is 11.3 Å². The highest BCUT2D eigenvalue weighted by molar-refractivity contribution is 9.10.